The van der Waals surface area contributed by atoms with E-state index in [4.69, 9.17) is 14.3 Å². The molecule has 94 valence electrons. The Labute approximate surface area is 101 Å². The first kappa shape index (κ1) is 12.2. The second kappa shape index (κ2) is 5.36. The highest BCUT2D eigenvalue weighted by atomic mass is 16.5. The molecule has 1 aliphatic carbocycles. The van der Waals surface area contributed by atoms with Gasteiger partial charge in [-0.15, -0.1) is 0 Å². The molecule has 0 bridgehead atoms. The van der Waals surface area contributed by atoms with Crippen LogP contribution in [-0.4, -0.2) is 17.2 Å². The summed E-state index contributed by atoms with van der Waals surface area (Å²) in [4.78, 5) is 10.7. The fourth-order valence-corrected chi connectivity index (χ4v) is 2.29. The molecule has 1 aromatic rings. The third-order valence-electron chi connectivity index (χ3n) is 3.37. The number of ether oxygens (including phenoxy) is 1. The first-order valence-electron chi connectivity index (χ1n) is 6.09. The lowest BCUT2D eigenvalue weighted by atomic mass is 9.88. The van der Waals surface area contributed by atoms with Gasteiger partial charge >= 0.3 is 5.97 Å². The Morgan fingerprint density at radius 3 is 2.94 bits per heavy atom. The molecule has 4 nitrogen and oxygen atoms in total. The van der Waals surface area contributed by atoms with E-state index in [1.165, 1.54) is 31.6 Å². The molecule has 1 fully saturated rings. The number of aromatic carboxylic acids is 1. The first-order valence-corrected chi connectivity index (χ1v) is 6.09. The third-order valence-corrected chi connectivity index (χ3v) is 3.37. The van der Waals surface area contributed by atoms with E-state index in [-0.39, 0.29) is 11.7 Å². The Kier molecular flexibility index (Phi) is 3.84. The van der Waals surface area contributed by atoms with Crippen LogP contribution in [0.15, 0.2) is 16.7 Å². The molecular weight excluding hydrogens is 220 g/mol. The Hall–Kier alpha value is -1.29. The third kappa shape index (κ3) is 3.09. The van der Waals surface area contributed by atoms with Gasteiger partial charge in [-0.05, 0) is 24.8 Å². The first-order chi connectivity index (χ1) is 8.16. The second-order valence-corrected chi connectivity index (χ2v) is 4.72. The minimum Gasteiger partial charge on any atom is -0.478 e. The van der Waals surface area contributed by atoms with Crippen molar-refractivity contribution < 1.29 is 19.1 Å². The van der Waals surface area contributed by atoms with Gasteiger partial charge in [-0.3, -0.25) is 0 Å². The zero-order chi connectivity index (χ0) is 12.3. The fraction of sp³-hybridized carbons (Fsp3) is 0.615. The van der Waals surface area contributed by atoms with Gasteiger partial charge in [-0.25, -0.2) is 4.79 Å². The lowest BCUT2D eigenvalue weighted by molar-refractivity contribution is -0.0219. The molecule has 0 spiro atoms. The van der Waals surface area contributed by atoms with Crippen LogP contribution in [0.3, 0.4) is 0 Å². The highest BCUT2D eigenvalue weighted by Crippen LogP contribution is 2.27. The molecule has 1 N–H and O–H groups in total. The summed E-state index contributed by atoms with van der Waals surface area (Å²) in [6.07, 6.45) is 6.34. The molecule has 2 rings (SSSR count). The number of furan rings is 1. The van der Waals surface area contributed by atoms with Gasteiger partial charge in [0.2, 0.25) is 0 Å². The van der Waals surface area contributed by atoms with Crippen LogP contribution in [0.2, 0.25) is 0 Å². The van der Waals surface area contributed by atoms with Crippen molar-refractivity contribution in [3.63, 3.8) is 0 Å². The van der Waals surface area contributed by atoms with Gasteiger partial charge in [0, 0.05) is 0 Å². The monoisotopic (exact) mass is 238 g/mol. The normalized spacial score (nSPS) is 24.8. The highest BCUT2D eigenvalue weighted by molar-refractivity contribution is 5.87. The minimum atomic E-state index is -0.967. The van der Waals surface area contributed by atoms with Gasteiger partial charge in [-0.1, -0.05) is 19.8 Å². The van der Waals surface area contributed by atoms with Gasteiger partial charge in [-0.2, -0.15) is 0 Å². The van der Waals surface area contributed by atoms with Gasteiger partial charge in [0.25, 0.3) is 0 Å². The zero-order valence-electron chi connectivity index (χ0n) is 10.0. The van der Waals surface area contributed by atoms with Crippen molar-refractivity contribution in [3.05, 3.63) is 23.7 Å². The topological polar surface area (TPSA) is 59.7 Å². The molecule has 1 heterocycles. The molecule has 0 saturated heterocycles. The van der Waals surface area contributed by atoms with E-state index in [0.29, 0.717) is 18.3 Å². The van der Waals surface area contributed by atoms with E-state index in [2.05, 4.69) is 6.92 Å². The van der Waals surface area contributed by atoms with Crippen LogP contribution in [0.5, 0.6) is 0 Å². The van der Waals surface area contributed by atoms with Crippen LogP contribution < -0.4 is 0 Å². The van der Waals surface area contributed by atoms with Crippen LogP contribution >= 0.6 is 0 Å². The molecular formula is C13H18O4. The van der Waals surface area contributed by atoms with Gasteiger partial charge in [0.05, 0.1) is 11.7 Å². The van der Waals surface area contributed by atoms with E-state index in [9.17, 15) is 4.79 Å². The molecule has 1 aromatic heterocycles. The van der Waals surface area contributed by atoms with Crippen LogP contribution in [0, 0.1) is 5.92 Å². The fourth-order valence-electron chi connectivity index (χ4n) is 2.29. The average molecular weight is 238 g/mol. The van der Waals surface area contributed by atoms with Gasteiger partial charge in [0.1, 0.15) is 18.6 Å². The predicted molar refractivity (Wildman–Crippen MR) is 61.9 cm³/mol. The molecule has 0 radical (unpaired) electrons. The van der Waals surface area contributed by atoms with Crippen molar-refractivity contribution in [2.75, 3.05) is 0 Å². The van der Waals surface area contributed by atoms with Crippen molar-refractivity contribution in [2.45, 2.75) is 45.3 Å². The molecule has 4 heteroatoms. The van der Waals surface area contributed by atoms with Crippen LogP contribution in [-0.2, 0) is 11.3 Å². The van der Waals surface area contributed by atoms with Crippen LogP contribution in [0.25, 0.3) is 0 Å². The van der Waals surface area contributed by atoms with E-state index < -0.39 is 5.97 Å². The summed E-state index contributed by atoms with van der Waals surface area (Å²) in [5, 5.41) is 8.76. The lowest BCUT2D eigenvalue weighted by Gasteiger charge is -2.28. The number of carboxylic acids is 1. The van der Waals surface area contributed by atoms with Gasteiger partial charge in [0.15, 0.2) is 0 Å². The summed E-state index contributed by atoms with van der Waals surface area (Å²) < 4.78 is 10.9. The number of rotatable bonds is 4. The predicted octanol–water partition coefficient (Wildman–Crippen LogP) is 3.07. The number of hydrogen-bond acceptors (Lipinski definition) is 3. The maximum Gasteiger partial charge on any atom is 0.338 e. The summed E-state index contributed by atoms with van der Waals surface area (Å²) >= 11 is 0. The molecule has 17 heavy (non-hydrogen) atoms. The molecule has 0 amide bonds. The van der Waals surface area contributed by atoms with Crippen molar-refractivity contribution in [1.82, 2.24) is 0 Å². The van der Waals surface area contributed by atoms with Crippen molar-refractivity contribution in [2.24, 2.45) is 5.92 Å². The highest BCUT2D eigenvalue weighted by Gasteiger charge is 2.22. The number of carboxylic acid groups (broad SMARTS) is 1. The van der Waals surface area contributed by atoms with Crippen molar-refractivity contribution in [1.29, 1.82) is 0 Å². The van der Waals surface area contributed by atoms with Crippen LogP contribution in [0.1, 0.15) is 48.7 Å². The SMILES string of the molecule is CC1CCCCC1OCc1cc(C(=O)O)co1. The van der Waals surface area contributed by atoms with E-state index in [1.807, 2.05) is 0 Å². The summed E-state index contributed by atoms with van der Waals surface area (Å²) in [6, 6.07) is 1.52. The largest absolute Gasteiger partial charge is 0.478 e. The quantitative estimate of drug-likeness (QED) is 0.875. The van der Waals surface area contributed by atoms with E-state index in [1.54, 1.807) is 0 Å². The summed E-state index contributed by atoms with van der Waals surface area (Å²) in [6.45, 7) is 2.57. The molecule has 1 saturated carbocycles. The zero-order valence-corrected chi connectivity index (χ0v) is 10.0. The lowest BCUT2D eigenvalue weighted by Crippen LogP contribution is -2.25. The Balaban J connectivity index is 1.86. The minimum absolute atomic E-state index is 0.181. The van der Waals surface area contributed by atoms with Gasteiger partial charge < -0.3 is 14.3 Å². The standard InChI is InChI=1S/C13H18O4/c1-9-4-2-3-5-12(9)17-8-11-6-10(7-16-11)13(14)15/h6-7,9,12H,2-5,8H2,1H3,(H,14,15). The van der Waals surface area contributed by atoms with Crippen LogP contribution in [0.4, 0.5) is 0 Å². The van der Waals surface area contributed by atoms with E-state index >= 15 is 0 Å². The summed E-state index contributed by atoms with van der Waals surface area (Å²) in [5.41, 5.74) is 0.181. The summed E-state index contributed by atoms with van der Waals surface area (Å²) in [5.74, 6) is 0.198. The maximum atomic E-state index is 10.7. The van der Waals surface area contributed by atoms with Crippen molar-refractivity contribution >= 4 is 5.97 Å². The number of carbonyl (C=O) groups is 1. The summed E-state index contributed by atoms with van der Waals surface area (Å²) in [7, 11) is 0. The van der Waals surface area contributed by atoms with E-state index in [0.717, 1.165) is 6.42 Å². The molecule has 1 aliphatic rings. The molecule has 0 aliphatic heterocycles. The number of hydrogen-bond donors (Lipinski definition) is 1. The smallest absolute Gasteiger partial charge is 0.338 e. The molecule has 2 unspecified atom stereocenters. The molecule has 0 aromatic carbocycles. The Bertz CT molecular complexity index is 383. The Morgan fingerprint density at radius 2 is 2.29 bits per heavy atom. The molecule has 2 atom stereocenters. The second-order valence-electron chi connectivity index (χ2n) is 4.72. The van der Waals surface area contributed by atoms with Crippen molar-refractivity contribution in [3.8, 4) is 0 Å². The maximum absolute atomic E-state index is 10.7. The Morgan fingerprint density at radius 1 is 1.53 bits per heavy atom. The average Bonchev–Trinajstić information content (AvgIpc) is 2.77.